The van der Waals surface area contributed by atoms with Crippen molar-refractivity contribution in [3.63, 3.8) is 0 Å². The number of aromatic nitrogens is 4. The van der Waals surface area contributed by atoms with E-state index in [0.29, 0.717) is 15.7 Å². The van der Waals surface area contributed by atoms with Gasteiger partial charge in [0.1, 0.15) is 15.5 Å². The summed E-state index contributed by atoms with van der Waals surface area (Å²) in [7, 11) is 0. The lowest BCUT2D eigenvalue weighted by Crippen LogP contribution is -2.22. The van der Waals surface area contributed by atoms with Crippen LogP contribution in [0.4, 0.5) is 5.82 Å². The van der Waals surface area contributed by atoms with Crippen LogP contribution in [-0.4, -0.2) is 38.0 Å². The van der Waals surface area contributed by atoms with Crippen LogP contribution in [0.15, 0.2) is 42.6 Å². The number of hydrogen-bond donors (Lipinski definition) is 1. The third-order valence-electron chi connectivity index (χ3n) is 4.59. The fourth-order valence-electron chi connectivity index (χ4n) is 3.14. The second kappa shape index (κ2) is 8.52. The summed E-state index contributed by atoms with van der Waals surface area (Å²) in [6.07, 6.45) is 1.60. The van der Waals surface area contributed by atoms with Crippen LogP contribution in [0.2, 0.25) is 5.02 Å². The van der Waals surface area contributed by atoms with Gasteiger partial charge >= 0.3 is 5.97 Å². The van der Waals surface area contributed by atoms with Gasteiger partial charge in [-0.1, -0.05) is 23.7 Å². The van der Waals surface area contributed by atoms with E-state index >= 15 is 0 Å². The fraction of sp³-hybridized carbons (Fsp3) is 0.238. The number of nitrogens with zero attached hydrogens (tertiary/aromatic N) is 4. The zero-order chi connectivity index (χ0) is 22.1. The van der Waals surface area contributed by atoms with E-state index in [-0.39, 0.29) is 6.04 Å². The van der Waals surface area contributed by atoms with Crippen LogP contribution in [0.3, 0.4) is 0 Å². The minimum atomic E-state index is -0.571. The minimum Gasteiger partial charge on any atom is -0.451 e. The van der Waals surface area contributed by atoms with Gasteiger partial charge < -0.3 is 10.1 Å². The molecule has 4 aromatic rings. The number of para-hydroxylation sites is 1. The van der Waals surface area contributed by atoms with Crippen molar-refractivity contribution in [2.45, 2.75) is 26.8 Å². The lowest BCUT2D eigenvalue weighted by molar-refractivity contribution is -0.119. The number of halogens is 1. The number of fused-ring (bicyclic) bond motifs is 1. The number of carbonyl (C=O) groups is 2. The first-order valence-electron chi connectivity index (χ1n) is 9.59. The van der Waals surface area contributed by atoms with Crippen molar-refractivity contribution in [2.75, 3.05) is 11.9 Å². The third-order valence-corrected chi connectivity index (χ3v) is 6.00. The predicted molar refractivity (Wildman–Crippen MR) is 120 cm³/mol. The third kappa shape index (κ3) is 4.19. The lowest BCUT2D eigenvalue weighted by atomic mass is 10.3. The molecule has 0 aliphatic rings. The molecule has 1 amide bonds. The summed E-state index contributed by atoms with van der Waals surface area (Å²) >= 11 is 7.55. The number of anilines is 1. The molecule has 0 bridgehead atoms. The summed E-state index contributed by atoms with van der Waals surface area (Å²) in [5.41, 5.74) is 1.50. The van der Waals surface area contributed by atoms with Gasteiger partial charge in [0.15, 0.2) is 6.61 Å². The Labute approximate surface area is 187 Å². The fourth-order valence-corrected chi connectivity index (χ4v) is 4.43. The molecule has 0 aliphatic heterocycles. The summed E-state index contributed by atoms with van der Waals surface area (Å²) in [5, 5.41) is 12.8. The van der Waals surface area contributed by atoms with Crippen LogP contribution < -0.4 is 5.32 Å². The molecule has 0 saturated carbocycles. The molecule has 0 saturated heterocycles. The van der Waals surface area contributed by atoms with E-state index in [2.05, 4.69) is 15.5 Å². The van der Waals surface area contributed by atoms with E-state index in [1.807, 2.05) is 39.0 Å². The molecule has 4 rings (SSSR count). The van der Waals surface area contributed by atoms with E-state index in [0.717, 1.165) is 21.6 Å². The molecule has 0 unspecified atom stereocenters. The van der Waals surface area contributed by atoms with Gasteiger partial charge in [0.05, 0.1) is 22.6 Å². The number of nitrogens with one attached hydrogen (secondary N) is 1. The monoisotopic (exact) mass is 457 g/mol. The topological polar surface area (TPSA) is 91.0 Å². The number of ether oxygens (including phenoxy) is 1. The Hall–Kier alpha value is -3.17. The standard InChI is InChI=1S/C21H20ClN5O3S/c1-12(2)26-18(8-9-23-26)24-19(28)11-30-21(29)17-10-14-13(3)25-27(20(14)31-17)16-7-5-4-6-15(16)22/h4-10,12H,11H2,1-3H3,(H,24,28). The highest BCUT2D eigenvalue weighted by molar-refractivity contribution is 7.20. The summed E-state index contributed by atoms with van der Waals surface area (Å²) in [5.74, 6) is -0.456. The molecule has 0 fully saturated rings. The molecule has 0 radical (unpaired) electrons. The van der Waals surface area contributed by atoms with Gasteiger partial charge in [-0.3, -0.25) is 4.79 Å². The number of benzene rings is 1. The van der Waals surface area contributed by atoms with E-state index in [9.17, 15) is 9.59 Å². The van der Waals surface area contributed by atoms with Crippen molar-refractivity contribution >= 4 is 50.8 Å². The number of aryl methyl sites for hydroxylation is 1. The smallest absolute Gasteiger partial charge is 0.348 e. The van der Waals surface area contributed by atoms with E-state index in [4.69, 9.17) is 16.3 Å². The van der Waals surface area contributed by atoms with Gasteiger partial charge in [-0.15, -0.1) is 11.3 Å². The zero-order valence-electron chi connectivity index (χ0n) is 17.1. The van der Waals surface area contributed by atoms with Crippen molar-refractivity contribution < 1.29 is 14.3 Å². The van der Waals surface area contributed by atoms with Crippen molar-refractivity contribution in [1.29, 1.82) is 0 Å². The maximum absolute atomic E-state index is 12.6. The first kappa shape index (κ1) is 21.1. The maximum atomic E-state index is 12.6. The zero-order valence-corrected chi connectivity index (χ0v) is 18.7. The van der Waals surface area contributed by atoms with Crippen LogP contribution in [0.25, 0.3) is 15.9 Å². The molecule has 31 heavy (non-hydrogen) atoms. The Morgan fingerprint density at radius 1 is 1.26 bits per heavy atom. The number of esters is 1. The number of rotatable bonds is 6. The van der Waals surface area contributed by atoms with Crippen LogP contribution in [0.5, 0.6) is 0 Å². The molecule has 160 valence electrons. The van der Waals surface area contributed by atoms with Gasteiger partial charge in [0.25, 0.3) is 5.91 Å². The second-order valence-corrected chi connectivity index (χ2v) is 8.60. The normalized spacial score (nSPS) is 11.3. The first-order chi connectivity index (χ1) is 14.8. The largest absolute Gasteiger partial charge is 0.451 e. The molecule has 1 N–H and O–H groups in total. The van der Waals surface area contributed by atoms with Gasteiger partial charge in [-0.25, -0.2) is 14.2 Å². The van der Waals surface area contributed by atoms with Crippen LogP contribution in [0.1, 0.15) is 35.3 Å². The summed E-state index contributed by atoms with van der Waals surface area (Å²) in [6, 6.07) is 10.9. The van der Waals surface area contributed by atoms with E-state index in [1.54, 1.807) is 33.8 Å². The molecular formula is C21H20ClN5O3S. The highest BCUT2D eigenvalue weighted by atomic mass is 35.5. The minimum absolute atomic E-state index is 0.0901. The summed E-state index contributed by atoms with van der Waals surface area (Å²) < 4.78 is 8.61. The van der Waals surface area contributed by atoms with Crippen LogP contribution in [-0.2, 0) is 9.53 Å². The SMILES string of the molecule is Cc1nn(-c2ccccc2Cl)c2sc(C(=O)OCC(=O)Nc3ccnn3C(C)C)cc12. The number of amides is 1. The maximum Gasteiger partial charge on any atom is 0.348 e. The molecule has 10 heteroatoms. The Bertz CT molecular complexity index is 1270. The van der Waals surface area contributed by atoms with Gasteiger partial charge in [-0.2, -0.15) is 10.2 Å². The van der Waals surface area contributed by atoms with Crippen molar-refractivity contribution in [1.82, 2.24) is 19.6 Å². The van der Waals surface area contributed by atoms with E-state index in [1.165, 1.54) is 11.3 Å². The molecule has 1 aromatic carbocycles. The molecule has 8 nitrogen and oxygen atoms in total. The van der Waals surface area contributed by atoms with Crippen LogP contribution in [0, 0.1) is 6.92 Å². The van der Waals surface area contributed by atoms with Crippen LogP contribution >= 0.6 is 22.9 Å². The molecule has 0 spiro atoms. The van der Waals surface area contributed by atoms with Crippen molar-refractivity contribution in [2.24, 2.45) is 0 Å². The summed E-state index contributed by atoms with van der Waals surface area (Å²) in [4.78, 5) is 25.9. The van der Waals surface area contributed by atoms with E-state index < -0.39 is 18.5 Å². The number of thiophene rings is 1. The highest BCUT2D eigenvalue weighted by Gasteiger charge is 2.20. The quantitative estimate of drug-likeness (QED) is 0.426. The molecular weight excluding hydrogens is 438 g/mol. The van der Waals surface area contributed by atoms with Crippen molar-refractivity contribution in [3.05, 3.63) is 58.2 Å². The second-order valence-electron chi connectivity index (χ2n) is 7.16. The molecule has 0 aliphatic carbocycles. The average Bonchev–Trinajstić information content (AvgIpc) is 3.43. The Morgan fingerprint density at radius 3 is 2.77 bits per heavy atom. The number of hydrogen-bond acceptors (Lipinski definition) is 6. The Balaban J connectivity index is 1.48. The van der Waals surface area contributed by atoms with Crippen molar-refractivity contribution in [3.8, 4) is 5.69 Å². The Morgan fingerprint density at radius 2 is 2.03 bits per heavy atom. The van der Waals surface area contributed by atoms with Gasteiger partial charge in [0.2, 0.25) is 0 Å². The Kier molecular flexibility index (Phi) is 5.79. The highest BCUT2D eigenvalue weighted by Crippen LogP contribution is 2.32. The van der Waals surface area contributed by atoms with Gasteiger partial charge in [0, 0.05) is 17.5 Å². The summed E-state index contributed by atoms with van der Waals surface area (Å²) in [6.45, 7) is 5.38. The molecule has 3 heterocycles. The lowest BCUT2D eigenvalue weighted by Gasteiger charge is -2.11. The predicted octanol–water partition coefficient (Wildman–Crippen LogP) is 4.62. The van der Waals surface area contributed by atoms with Gasteiger partial charge in [-0.05, 0) is 39.0 Å². The number of carbonyl (C=O) groups excluding carboxylic acids is 2. The average molecular weight is 458 g/mol. The molecule has 0 atom stereocenters. The molecule has 3 aromatic heterocycles. The first-order valence-corrected chi connectivity index (χ1v) is 10.8.